The summed E-state index contributed by atoms with van der Waals surface area (Å²) < 4.78 is 7.11. The van der Waals surface area contributed by atoms with Crippen molar-refractivity contribution in [3.05, 3.63) is 56.7 Å². The molecule has 6 heteroatoms. The van der Waals surface area contributed by atoms with Crippen LogP contribution in [0.4, 0.5) is 0 Å². The second-order valence-electron chi connectivity index (χ2n) is 4.78. The summed E-state index contributed by atoms with van der Waals surface area (Å²) in [5, 5.41) is 9.53. The number of para-hydroxylation sites is 2. The molecule has 0 fully saturated rings. The molecule has 0 aliphatic carbocycles. The van der Waals surface area contributed by atoms with Gasteiger partial charge in [-0.1, -0.05) is 28.1 Å². The van der Waals surface area contributed by atoms with Gasteiger partial charge in [-0.3, -0.25) is 0 Å². The second kappa shape index (κ2) is 6.57. The van der Waals surface area contributed by atoms with E-state index in [9.17, 15) is 5.26 Å². The molecular weight excluding hydrogens is 422 g/mol. The predicted molar refractivity (Wildman–Crippen MR) is 98.0 cm³/mol. The number of ether oxygens (including phenoxy) is 1. The third-order valence-electron chi connectivity index (χ3n) is 3.31. The maximum Gasteiger partial charge on any atom is 0.149 e. The van der Waals surface area contributed by atoms with Crippen LogP contribution in [0.25, 0.3) is 22.7 Å². The number of rotatable bonds is 3. The number of methoxy groups -OCH3 is 1. The lowest BCUT2D eigenvalue weighted by atomic mass is 10.1. The quantitative estimate of drug-likeness (QED) is 0.581. The van der Waals surface area contributed by atoms with Crippen LogP contribution >= 0.6 is 31.9 Å². The van der Waals surface area contributed by atoms with Gasteiger partial charge in [-0.25, -0.2) is 4.98 Å². The van der Waals surface area contributed by atoms with Gasteiger partial charge >= 0.3 is 0 Å². The fourth-order valence-corrected chi connectivity index (χ4v) is 3.71. The molecule has 0 saturated carbocycles. The average Bonchev–Trinajstić information content (AvgIpc) is 2.95. The molecule has 114 valence electrons. The highest BCUT2D eigenvalue weighted by molar-refractivity contribution is 9.11. The van der Waals surface area contributed by atoms with Crippen molar-refractivity contribution < 1.29 is 4.74 Å². The predicted octanol–water partition coefficient (Wildman–Crippen LogP) is 5.16. The summed E-state index contributed by atoms with van der Waals surface area (Å²) in [5.41, 5.74) is 2.94. The van der Waals surface area contributed by atoms with E-state index in [1.54, 1.807) is 13.2 Å². The van der Waals surface area contributed by atoms with Crippen molar-refractivity contribution in [2.45, 2.75) is 0 Å². The van der Waals surface area contributed by atoms with Gasteiger partial charge in [0.1, 0.15) is 17.6 Å². The van der Waals surface area contributed by atoms with Gasteiger partial charge in [0.15, 0.2) is 0 Å². The first-order chi connectivity index (χ1) is 11.1. The standard InChI is InChI=1S/C17H11Br2N3O/c1-23-16-10(7-12(18)8-13(16)19)6-11(9-20)17-21-14-4-2-3-5-15(14)22-17/h2-8H,1H3,(H,21,22). The first-order valence-corrected chi connectivity index (χ1v) is 8.31. The normalized spacial score (nSPS) is 11.5. The van der Waals surface area contributed by atoms with E-state index in [1.165, 1.54) is 0 Å². The summed E-state index contributed by atoms with van der Waals surface area (Å²) in [7, 11) is 1.60. The van der Waals surface area contributed by atoms with Crippen LogP contribution in [0.1, 0.15) is 11.4 Å². The summed E-state index contributed by atoms with van der Waals surface area (Å²) in [4.78, 5) is 7.64. The van der Waals surface area contributed by atoms with Gasteiger partial charge in [0.05, 0.1) is 28.2 Å². The van der Waals surface area contributed by atoms with Gasteiger partial charge in [0.25, 0.3) is 0 Å². The third-order valence-corrected chi connectivity index (χ3v) is 4.35. The van der Waals surface area contributed by atoms with Crippen molar-refractivity contribution in [2.75, 3.05) is 7.11 Å². The Labute approximate surface area is 150 Å². The molecule has 0 saturated heterocycles. The number of aromatic nitrogens is 2. The van der Waals surface area contributed by atoms with Crippen LogP contribution in [0.15, 0.2) is 45.3 Å². The summed E-state index contributed by atoms with van der Waals surface area (Å²) in [5.74, 6) is 1.20. The Morgan fingerprint density at radius 1 is 1.30 bits per heavy atom. The fraction of sp³-hybridized carbons (Fsp3) is 0.0588. The van der Waals surface area contributed by atoms with Gasteiger partial charge in [-0.2, -0.15) is 5.26 Å². The summed E-state index contributed by atoms with van der Waals surface area (Å²) in [6, 6.07) is 13.7. The molecule has 0 aliphatic rings. The molecule has 1 aromatic heterocycles. The molecule has 0 unspecified atom stereocenters. The van der Waals surface area contributed by atoms with Crippen LogP contribution < -0.4 is 4.74 Å². The van der Waals surface area contributed by atoms with E-state index in [4.69, 9.17) is 4.74 Å². The number of nitrogens with one attached hydrogen (secondary N) is 1. The lowest BCUT2D eigenvalue weighted by Crippen LogP contribution is -1.91. The van der Waals surface area contributed by atoms with Crippen LogP contribution in [-0.2, 0) is 0 Å². The maximum atomic E-state index is 9.53. The molecule has 3 rings (SSSR count). The van der Waals surface area contributed by atoms with E-state index in [2.05, 4.69) is 47.9 Å². The van der Waals surface area contributed by atoms with E-state index >= 15 is 0 Å². The van der Waals surface area contributed by atoms with Crippen molar-refractivity contribution in [3.63, 3.8) is 0 Å². The smallest absolute Gasteiger partial charge is 0.149 e. The minimum absolute atomic E-state index is 0.435. The van der Waals surface area contributed by atoms with Crippen LogP contribution in [0, 0.1) is 11.3 Å². The number of imidazole rings is 1. The Kier molecular flexibility index (Phi) is 4.51. The zero-order chi connectivity index (χ0) is 16.4. The van der Waals surface area contributed by atoms with Crippen molar-refractivity contribution in [1.82, 2.24) is 9.97 Å². The van der Waals surface area contributed by atoms with E-state index in [0.29, 0.717) is 17.1 Å². The SMILES string of the molecule is COc1c(Br)cc(Br)cc1C=C(C#N)c1nc2ccccc2[nH]1. The number of nitrogens with zero attached hydrogens (tertiary/aromatic N) is 2. The highest BCUT2D eigenvalue weighted by Gasteiger charge is 2.12. The zero-order valence-corrected chi connectivity index (χ0v) is 15.3. The Morgan fingerprint density at radius 3 is 2.78 bits per heavy atom. The van der Waals surface area contributed by atoms with Crippen LogP contribution in [0.2, 0.25) is 0 Å². The molecule has 0 spiro atoms. The van der Waals surface area contributed by atoms with E-state index in [1.807, 2.05) is 36.4 Å². The van der Waals surface area contributed by atoms with E-state index in [-0.39, 0.29) is 0 Å². The summed E-state index contributed by atoms with van der Waals surface area (Å²) in [6.07, 6.45) is 1.76. The largest absolute Gasteiger partial charge is 0.495 e. The first-order valence-electron chi connectivity index (χ1n) is 6.72. The summed E-state index contributed by atoms with van der Waals surface area (Å²) >= 11 is 6.92. The molecule has 0 radical (unpaired) electrons. The highest BCUT2D eigenvalue weighted by Crippen LogP contribution is 2.34. The molecule has 2 aromatic carbocycles. The topological polar surface area (TPSA) is 61.7 Å². The zero-order valence-electron chi connectivity index (χ0n) is 12.1. The van der Waals surface area contributed by atoms with Gasteiger partial charge in [-0.15, -0.1) is 0 Å². The molecule has 1 heterocycles. The number of aromatic amines is 1. The average molecular weight is 433 g/mol. The van der Waals surface area contributed by atoms with E-state index < -0.39 is 0 Å². The van der Waals surface area contributed by atoms with Crippen molar-refractivity contribution >= 4 is 54.5 Å². The number of hydrogen-bond acceptors (Lipinski definition) is 3. The number of benzene rings is 2. The number of fused-ring (bicyclic) bond motifs is 1. The highest BCUT2D eigenvalue weighted by atomic mass is 79.9. The Balaban J connectivity index is 2.14. The van der Waals surface area contributed by atoms with Gasteiger partial charge in [-0.05, 0) is 46.3 Å². The minimum Gasteiger partial charge on any atom is -0.495 e. The molecule has 0 amide bonds. The van der Waals surface area contributed by atoms with Gasteiger partial charge in [0, 0.05) is 10.0 Å². The number of halogens is 2. The molecule has 0 aliphatic heterocycles. The van der Waals surface area contributed by atoms with Gasteiger partial charge in [0.2, 0.25) is 0 Å². The Hall–Kier alpha value is -2.10. The molecule has 0 atom stereocenters. The second-order valence-corrected chi connectivity index (χ2v) is 6.55. The molecule has 0 bridgehead atoms. The molecule has 1 N–H and O–H groups in total. The molecule has 23 heavy (non-hydrogen) atoms. The Morgan fingerprint density at radius 2 is 2.09 bits per heavy atom. The van der Waals surface area contributed by atoms with E-state index in [0.717, 1.165) is 25.5 Å². The van der Waals surface area contributed by atoms with Crippen molar-refractivity contribution in [2.24, 2.45) is 0 Å². The molecule has 4 nitrogen and oxygen atoms in total. The lowest BCUT2D eigenvalue weighted by molar-refractivity contribution is 0.411. The minimum atomic E-state index is 0.435. The Bertz CT molecular complexity index is 921. The number of hydrogen-bond donors (Lipinski definition) is 1. The molecular formula is C17H11Br2N3O. The van der Waals surface area contributed by atoms with Crippen LogP contribution in [0.3, 0.4) is 0 Å². The summed E-state index contributed by atoms with van der Waals surface area (Å²) in [6.45, 7) is 0. The lowest BCUT2D eigenvalue weighted by Gasteiger charge is -2.08. The van der Waals surface area contributed by atoms with Crippen molar-refractivity contribution in [1.29, 1.82) is 5.26 Å². The number of nitriles is 1. The third kappa shape index (κ3) is 3.16. The number of H-pyrrole nitrogens is 1. The first kappa shape index (κ1) is 15.8. The van der Waals surface area contributed by atoms with Crippen molar-refractivity contribution in [3.8, 4) is 11.8 Å². The monoisotopic (exact) mass is 431 g/mol. The maximum absolute atomic E-state index is 9.53. The van der Waals surface area contributed by atoms with Crippen LogP contribution in [0.5, 0.6) is 5.75 Å². The number of allylic oxidation sites excluding steroid dienone is 1. The fourth-order valence-electron chi connectivity index (χ4n) is 2.29. The van der Waals surface area contributed by atoms with Gasteiger partial charge < -0.3 is 9.72 Å². The molecule has 3 aromatic rings. The van der Waals surface area contributed by atoms with Crippen LogP contribution in [-0.4, -0.2) is 17.1 Å².